The summed E-state index contributed by atoms with van der Waals surface area (Å²) in [6, 6.07) is 6.24. The van der Waals surface area contributed by atoms with Crippen LogP contribution in [-0.4, -0.2) is 12.3 Å². The zero-order valence-corrected chi connectivity index (χ0v) is 10.7. The van der Waals surface area contributed by atoms with Crippen molar-refractivity contribution < 1.29 is 9.26 Å². The Morgan fingerprint density at radius 3 is 2.59 bits per heavy atom. The van der Waals surface area contributed by atoms with Gasteiger partial charge in [0.2, 0.25) is 0 Å². The molecule has 2 aromatic rings. The van der Waals surface area contributed by atoms with Crippen molar-refractivity contribution >= 4 is 0 Å². The third kappa shape index (κ3) is 2.05. The van der Waals surface area contributed by atoms with Crippen molar-refractivity contribution in [3.05, 3.63) is 35.2 Å². The van der Waals surface area contributed by atoms with Crippen molar-refractivity contribution in [1.29, 1.82) is 0 Å². The molecule has 0 fully saturated rings. The first-order valence-electron chi connectivity index (χ1n) is 5.77. The summed E-state index contributed by atoms with van der Waals surface area (Å²) < 4.78 is 10.6. The van der Waals surface area contributed by atoms with Crippen LogP contribution in [0.3, 0.4) is 0 Å². The van der Waals surface area contributed by atoms with Gasteiger partial charge in [-0.05, 0) is 37.5 Å². The molecule has 0 amide bonds. The fourth-order valence-electron chi connectivity index (χ4n) is 2.09. The van der Waals surface area contributed by atoms with Gasteiger partial charge in [-0.1, -0.05) is 24.2 Å². The molecule has 1 aromatic heterocycles. The molecule has 2 rings (SSSR count). The Morgan fingerprint density at radius 1 is 1.29 bits per heavy atom. The third-order valence-corrected chi connectivity index (χ3v) is 2.99. The van der Waals surface area contributed by atoms with Crippen molar-refractivity contribution in [3.8, 4) is 16.9 Å². The lowest BCUT2D eigenvalue weighted by molar-refractivity contribution is 0.393. The molecule has 0 N–H and O–H groups in total. The average molecular weight is 231 g/mol. The van der Waals surface area contributed by atoms with E-state index in [2.05, 4.69) is 24.2 Å². The summed E-state index contributed by atoms with van der Waals surface area (Å²) in [5, 5.41) is 3.97. The molecular weight excluding hydrogens is 214 g/mol. The van der Waals surface area contributed by atoms with E-state index in [-0.39, 0.29) is 0 Å². The largest absolute Gasteiger partial charge is 0.496 e. The van der Waals surface area contributed by atoms with Gasteiger partial charge in [0.25, 0.3) is 0 Å². The second-order valence-corrected chi connectivity index (χ2v) is 4.08. The normalized spacial score (nSPS) is 10.6. The van der Waals surface area contributed by atoms with Crippen LogP contribution < -0.4 is 4.74 Å². The van der Waals surface area contributed by atoms with E-state index in [0.717, 1.165) is 34.8 Å². The molecule has 0 bridgehead atoms. The van der Waals surface area contributed by atoms with Crippen LogP contribution in [0.2, 0.25) is 0 Å². The van der Waals surface area contributed by atoms with Crippen LogP contribution in [0.25, 0.3) is 11.1 Å². The molecule has 0 aliphatic rings. The molecule has 0 aliphatic heterocycles. The minimum Gasteiger partial charge on any atom is -0.496 e. The topological polar surface area (TPSA) is 35.3 Å². The van der Waals surface area contributed by atoms with Crippen LogP contribution >= 0.6 is 0 Å². The highest BCUT2D eigenvalue weighted by Gasteiger charge is 2.13. The molecular formula is C14H17NO2. The number of ether oxygens (including phenoxy) is 1. The first kappa shape index (κ1) is 11.7. The molecule has 90 valence electrons. The Labute approximate surface area is 101 Å². The summed E-state index contributed by atoms with van der Waals surface area (Å²) in [5.41, 5.74) is 4.28. The van der Waals surface area contributed by atoms with Crippen LogP contribution in [0.15, 0.2) is 22.7 Å². The zero-order chi connectivity index (χ0) is 12.4. The predicted molar refractivity (Wildman–Crippen MR) is 67.3 cm³/mol. The third-order valence-electron chi connectivity index (χ3n) is 2.99. The number of hydrogen-bond donors (Lipinski definition) is 0. The Balaban J connectivity index is 2.54. The van der Waals surface area contributed by atoms with Crippen molar-refractivity contribution in [3.63, 3.8) is 0 Å². The van der Waals surface area contributed by atoms with Crippen LogP contribution in [0.5, 0.6) is 5.75 Å². The smallest absolute Gasteiger partial charge is 0.141 e. The second kappa shape index (κ2) is 4.62. The van der Waals surface area contributed by atoms with Gasteiger partial charge in [-0.2, -0.15) is 0 Å². The zero-order valence-electron chi connectivity index (χ0n) is 10.7. The van der Waals surface area contributed by atoms with Crippen molar-refractivity contribution in [2.75, 3.05) is 7.11 Å². The van der Waals surface area contributed by atoms with Crippen molar-refractivity contribution in [2.45, 2.75) is 27.2 Å². The number of nitrogens with zero attached hydrogens (tertiary/aromatic N) is 1. The van der Waals surface area contributed by atoms with Gasteiger partial charge in [0.1, 0.15) is 11.5 Å². The van der Waals surface area contributed by atoms with Crippen molar-refractivity contribution in [2.24, 2.45) is 0 Å². The van der Waals surface area contributed by atoms with Crippen LogP contribution in [0, 0.1) is 13.8 Å². The van der Waals surface area contributed by atoms with Crippen LogP contribution in [0.1, 0.15) is 23.9 Å². The minimum absolute atomic E-state index is 0.841. The molecule has 17 heavy (non-hydrogen) atoms. The summed E-state index contributed by atoms with van der Waals surface area (Å²) >= 11 is 0. The SMILES string of the molecule is CCc1ccc(-c2c(C)noc2C)cc1OC. The monoisotopic (exact) mass is 231 g/mol. The first-order valence-corrected chi connectivity index (χ1v) is 5.77. The number of methoxy groups -OCH3 is 1. The summed E-state index contributed by atoms with van der Waals surface area (Å²) in [5.74, 6) is 1.76. The standard InChI is InChI=1S/C14H17NO2/c1-5-11-6-7-12(8-13(11)16-4)14-9(2)15-17-10(14)3/h6-8H,5H2,1-4H3. The fourth-order valence-corrected chi connectivity index (χ4v) is 2.09. The molecule has 1 heterocycles. The maximum Gasteiger partial charge on any atom is 0.141 e. The highest BCUT2D eigenvalue weighted by atomic mass is 16.5. The first-order chi connectivity index (χ1) is 8.17. The second-order valence-electron chi connectivity index (χ2n) is 4.08. The molecule has 0 aliphatic carbocycles. The Kier molecular flexibility index (Phi) is 3.18. The van der Waals surface area contributed by atoms with E-state index in [1.54, 1.807) is 7.11 Å². The lowest BCUT2D eigenvalue weighted by atomic mass is 10.0. The number of benzene rings is 1. The van der Waals surface area contributed by atoms with Crippen LogP contribution in [0.4, 0.5) is 0 Å². The lowest BCUT2D eigenvalue weighted by Crippen LogP contribution is -1.92. The van der Waals surface area contributed by atoms with Crippen molar-refractivity contribution in [1.82, 2.24) is 5.16 Å². The average Bonchev–Trinajstić information content (AvgIpc) is 2.68. The maximum absolute atomic E-state index is 5.40. The van der Waals surface area contributed by atoms with E-state index in [4.69, 9.17) is 9.26 Å². The highest BCUT2D eigenvalue weighted by Crippen LogP contribution is 2.31. The molecule has 0 saturated carbocycles. The molecule has 3 nitrogen and oxygen atoms in total. The Bertz CT molecular complexity index is 510. The summed E-state index contributed by atoms with van der Waals surface area (Å²) in [6.45, 7) is 6.00. The van der Waals surface area contributed by atoms with Crippen LogP contribution in [-0.2, 0) is 6.42 Å². The number of rotatable bonds is 3. The van der Waals surface area contributed by atoms with E-state index in [9.17, 15) is 0 Å². The van der Waals surface area contributed by atoms with Gasteiger partial charge in [-0.15, -0.1) is 0 Å². The summed E-state index contributed by atoms with van der Waals surface area (Å²) in [6.07, 6.45) is 0.963. The van der Waals surface area contributed by atoms with E-state index in [1.165, 1.54) is 5.56 Å². The van der Waals surface area contributed by atoms with Gasteiger partial charge in [0, 0.05) is 5.56 Å². The molecule has 3 heteroatoms. The molecule has 0 saturated heterocycles. The van der Waals surface area contributed by atoms with Gasteiger partial charge >= 0.3 is 0 Å². The Hall–Kier alpha value is -1.77. The quantitative estimate of drug-likeness (QED) is 0.810. The van der Waals surface area contributed by atoms with E-state index in [0.29, 0.717) is 0 Å². The summed E-state index contributed by atoms with van der Waals surface area (Å²) in [4.78, 5) is 0. The molecule has 0 radical (unpaired) electrons. The van der Waals surface area contributed by atoms with E-state index < -0.39 is 0 Å². The van der Waals surface area contributed by atoms with Gasteiger partial charge in [0.15, 0.2) is 0 Å². The van der Waals surface area contributed by atoms with Gasteiger partial charge in [-0.25, -0.2) is 0 Å². The van der Waals surface area contributed by atoms with E-state index >= 15 is 0 Å². The predicted octanol–water partition coefficient (Wildman–Crippen LogP) is 3.53. The Morgan fingerprint density at radius 2 is 2.06 bits per heavy atom. The molecule has 1 aromatic carbocycles. The minimum atomic E-state index is 0.841. The molecule has 0 spiro atoms. The van der Waals surface area contributed by atoms with Gasteiger partial charge in [0.05, 0.1) is 12.8 Å². The fraction of sp³-hybridized carbons (Fsp3) is 0.357. The lowest BCUT2D eigenvalue weighted by Gasteiger charge is -2.09. The van der Waals surface area contributed by atoms with Gasteiger partial charge < -0.3 is 9.26 Å². The number of aromatic nitrogens is 1. The number of aryl methyl sites for hydroxylation is 3. The van der Waals surface area contributed by atoms with Gasteiger partial charge in [-0.3, -0.25) is 0 Å². The highest BCUT2D eigenvalue weighted by molar-refractivity contribution is 5.69. The molecule has 0 atom stereocenters. The summed E-state index contributed by atoms with van der Waals surface area (Å²) in [7, 11) is 1.70. The number of hydrogen-bond acceptors (Lipinski definition) is 3. The van der Waals surface area contributed by atoms with E-state index in [1.807, 2.05) is 19.9 Å². The molecule has 0 unspecified atom stereocenters. The maximum atomic E-state index is 5.40.